The Balaban J connectivity index is 2.12. The first-order valence-electron chi connectivity index (χ1n) is 4.40. The van der Waals surface area contributed by atoms with Crippen LogP contribution in [0.25, 0.3) is 0 Å². The van der Waals surface area contributed by atoms with Crippen molar-refractivity contribution in [2.75, 3.05) is 5.32 Å². The van der Waals surface area contributed by atoms with Crippen molar-refractivity contribution in [1.29, 1.82) is 0 Å². The van der Waals surface area contributed by atoms with Gasteiger partial charge in [0, 0.05) is 12.4 Å². The molecule has 2 N–H and O–H groups in total. The number of anilines is 1. The van der Waals surface area contributed by atoms with Gasteiger partial charge in [-0.15, -0.1) is 0 Å². The predicted octanol–water partition coefficient (Wildman–Crippen LogP) is 3.38. The number of rotatable bonds is 3. The Hall–Kier alpha value is -0.970. The summed E-state index contributed by atoms with van der Waals surface area (Å²) in [7, 11) is 0. The largest absolute Gasteiger partial charge is 0.362 e. The van der Waals surface area contributed by atoms with Crippen LogP contribution in [0.4, 0.5) is 5.82 Å². The van der Waals surface area contributed by atoms with Crippen molar-refractivity contribution >= 4 is 40.6 Å². The number of aromatic amines is 1. The lowest BCUT2D eigenvalue weighted by atomic mass is 10.4. The first kappa shape index (κ1) is 11.5. The minimum atomic E-state index is 0.216. The molecule has 16 heavy (non-hydrogen) atoms. The Bertz CT molecular complexity index is 484. The summed E-state index contributed by atoms with van der Waals surface area (Å²) in [6.07, 6.45) is 3.40. The van der Waals surface area contributed by atoms with Crippen molar-refractivity contribution < 1.29 is 0 Å². The lowest BCUT2D eigenvalue weighted by Gasteiger charge is -2.06. The molecule has 0 aliphatic carbocycles. The standard InChI is InChI=1S/C9H7Cl3N4/c10-5-3-6(11)9(16-8(5)12)15-4-7-13-1-2-14-7/h1-3H,4H2,(H,13,14)(H,15,16). The molecule has 2 rings (SSSR count). The molecule has 2 aromatic heterocycles. The molecule has 4 nitrogen and oxygen atoms in total. The summed E-state index contributed by atoms with van der Waals surface area (Å²) >= 11 is 17.5. The van der Waals surface area contributed by atoms with Crippen LogP contribution in [-0.2, 0) is 6.54 Å². The van der Waals surface area contributed by atoms with Crippen LogP contribution >= 0.6 is 34.8 Å². The van der Waals surface area contributed by atoms with E-state index in [9.17, 15) is 0 Å². The number of H-pyrrole nitrogens is 1. The fourth-order valence-electron chi connectivity index (χ4n) is 1.13. The zero-order chi connectivity index (χ0) is 11.5. The Morgan fingerprint density at radius 1 is 1.25 bits per heavy atom. The van der Waals surface area contributed by atoms with E-state index in [0.717, 1.165) is 5.82 Å². The second kappa shape index (κ2) is 4.91. The Morgan fingerprint density at radius 3 is 2.75 bits per heavy atom. The second-order valence-corrected chi connectivity index (χ2v) is 4.15. The maximum atomic E-state index is 5.94. The van der Waals surface area contributed by atoms with Gasteiger partial charge in [-0.2, -0.15) is 0 Å². The van der Waals surface area contributed by atoms with Gasteiger partial charge >= 0.3 is 0 Å². The highest BCUT2D eigenvalue weighted by Gasteiger charge is 2.07. The molecule has 0 saturated carbocycles. The van der Waals surface area contributed by atoms with Gasteiger partial charge in [-0.25, -0.2) is 9.97 Å². The maximum Gasteiger partial charge on any atom is 0.150 e. The molecule has 0 saturated heterocycles. The topological polar surface area (TPSA) is 53.6 Å². The van der Waals surface area contributed by atoms with Gasteiger partial charge in [0.1, 0.15) is 16.8 Å². The Morgan fingerprint density at radius 2 is 2.06 bits per heavy atom. The molecule has 0 unspecified atom stereocenters. The van der Waals surface area contributed by atoms with Crippen molar-refractivity contribution in [2.24, 2.45) is 0 Å². The molecule has 0 bridgehead atoms. The first-order chi connectivity index (χ1) is 7.66. The monoisotopic (exact) mass is 276 g/mol. The number of nitrogens with one attached hydrogen (secondary N) is 2. The summed E-state index contributed by atoms with van der Waals surface area (Å²) in [4.78, 5) is 11.0. The molecule has 2 heterocycles. The smallest absolute Gasteiger partial charge is 0.150 e. The Kier molecular flexibility index (Phi) is 3.53. The third-order valence-corrected chi connectivity index (χ3v) is 2.83. The van der Waals surface area contributed by atoms with Crippen molar-refractivity contribution in [1.82, 2.24) is 15.0 Å². The van der Waals surface area contributed by atoms with Crippen LogP contribution < -0.4 is 5.32 Å². The minimum Gasteiger partial charge on any atom is -0.362 e. The van der Waals surface area contributed by atoms with Gasteiger partial charge in [0.25, 0.3) is 0 Å². The van der Waals surface area contributed by atoms with E-state index in [1.165, 1.54) is 0 Å². The Labute approximate surface area is 107 Å². The molecular formula is C9H7Cl3N4. The molecule has 84 valence electrons. The number of halogens is 3. The van der Waals surface area contributed by atoms with E-state index in [2.05, 4.69) is 20.3 Å². The molecule has 0 aliphatic rings. The summed E-state index contributed by atoms with van der Waals surface area (Å²) < 4.78 is 0. The van der Waals surface area contributed by atoms with Gasteiger partial charge in [-0.3, -0.25) is 0 Å². The van der Waals surface area contributed by atoms with Crippen LogP contribution in [-0.4, -0.2) is 15.0 Å². The van der Waals surface area contributed by atoms with E-state index in [-0.39, 0.29) is 5.15 Å². The first-order valence-corrected chi connectivity index (χ1v) is 5.54. The van der Waals surface area contributed by atoms with E-state index in [1.54, 1.807) is 18.5 Å². The van der Waals surface area contributed by atoms with Gasteiger partial charge < -0.3 is 10.3 Å². The normalized spacial score (nSPS) is 10.4. The number of hydrogen-bond donors (Lipinski definition) is 2. The molecule has 0 spiro atoms. The quantitative estimate of drug-likeness (QED) is 0.846. The highest BCUT2D eigenvalue weighted by atomic mass is 35.5. The van der Waals surface area contributed by atoms with Crippen LogP contribution in [0.2, 0.25) is 15.2 Å². The number of pyridine rings is 1. The molecule has 2 aromatic rings. The van der Waals surface area contributed by atoms with E-state index in [1.807, 2.05) is 0 Å². The van der Waals surface area contributed by atoms with Crippen LogP contribution in [0, 0.1) is 0 Å². The molecular weight excluding hydrogens is 270 g/mol. The number of hydrogen-bond acceptors (Lipinski definition) is 3. The highest BCUT2D eigenvalue weighted by Crippen LogP contribution is 2.28. The van der Waals surface area contributed by atoms with Crippen molar-refractivity contribution in [2.45, 2.75) is 6.54 Å². The van der Waals surface area contributed by atoms with Crippen molar-refractivity contribution in [3.63, 3.8) is 0 Å². The lowest BCUT2D eigenvalue weighted by molar-refractivity contribution is 0.988. The summed E-state index contributed by atoms with van der Waals surface area (Å²) in [5.74, 6) is 1.26. The molecule has 7 heteroatoms. The van der Waals surface area contributed by atoms with Crippen LogP contribution in [0.15, 0.2) is 18.5 Å². The molecule has 0 atom stereocenters. The third kappa shape index (κ3) is 2.58. The van der Waals surface area contributed by atoms with Gasteiger partial charge in [-0.05, 0) is 6.07 Å². The summed E-state index contributed by atoms with van der Waals surface area (Å²) in [5, 5.41) is 3.97. The molecule has 0 aromatic carbocycles. The van der Waals surface area contributed by atoms with E-state index in [0.29, 0.717) is 22.4 Å². The molecule has 0 radical (unpaired) electrons. The lowest BCUT2D eigenvalue weighted by Crippen LogP contribution is -2.03. The number of aromatic nitrogens is 3. The average Bonchev–Trinajstić information content (AvgIpc) is 2.74. The fourth-order valence-corrected chi connectivity index (χ4v) is 1.69. The molecule has 0 fully saturated rings. The summed E-state index contributed by atoms with van der Waals surface area (Å²) in [6.45, 7) is 0.484. The molecule has 0 amide bonds. The van der Waals surface area contributed by atoms with Crippen molar-refractivity contribution in [3.05, 3.63) is 39.5 Å². The SMILES string of the molecule is Clc1cc(Cl)c(NCc2ncc[nH]2)nc1Cl. The van der Waals surface area contributed by atoms with Crippen LogP contribution in [0.3, 0.4) is 0 Å². The second-order valence-electron chi connectivity index (χ2n) is 2.98. The average molecular weight is 278 g/mol. The predicted molar refractivity (Wildman–Crippen MR) is 65.2 cm³/mol. The van der Waals surface area contributed by atoms with Crippen LogP contribution in [0.1, 0.15) is 5.82 Å². The van der Waals surface area contributed by atoms with E-state index < -0.39 is 0 Å². The van der Waals surface area contributed by atoms with Crippen LogP contribution in [0.5, 0.6) is 0 Å². The summed E-state index contributed by atoms with van der Waals surface area (Å²) in [5.41, 5.74) is 0. The number of imidazole rings is 1. The van der Waals surface area contributed by atoms with E-state index in [4.69, 9.17) is 34.8 Å². The fraction of sp³-hybridized carbons (Fsp3) is 0.111. The van der Waals surface area contributed by atoms with Gasteiger partial charge in [0.15, 0.2) is 0 Å². The van der Waals surface area contributed by atoms with Gasteiger partial charge in [0.2, 0.25) is 0 Å². The number of nitrogens with zero attached hydrogens (tertiary/aromatic N) is 2. The van der Waals surface area contributed by atoms with Gasteiger partial charge in [0.05, 0.1) is 16.6 Å². The molecule has 0 aliphatic heterocycles. The highest BCUT2D eigenvalue weighted by molar-refractivity contribution is 6.42. The zero-order valence-corrected chi connectivity index (χ0v) is 10.2. The van der Waals surface area contributed by atoms with E-state index >= 15 is 0 Å². The van der Waals surface area contributed by atoms with Crippen molar-refractivity contribution in [3.8, 4) is 0 Å². The minimum absolute atomic E-state index is 0.216. The maximum absolute atomic E-state index is 5.94. The zero-order valence-electron chi connectivity index (χ0n) is 7.97. The third-order valence-electron chi connectivity index (χ3n) is 1.86. The summed E-state index contributed by atoms with van der Waals surface area (Å²) in [6, 6.07) is 1.54. The van der Waals surface area contributed by atoms with Gasteiger partial charge in [-0.1, -0.05) is 34.8 Å².